The first-order valence-electron chi connectivity index (χ1n) is 11.7. The second kappa shape index (κ2) is 8.97. The summed E-state index contributed by atoms with van der Waals surface area (Å²) in [7, 11) is 0. The van der Waals surface area contributed by atoms with Gasteiger partial charge in [0.1, 0.15) is 0 Å². The Morgan fingerprint density at radius 1 is 1.00 bits per heavy atom. The molecule has 0 amide bonds. The molecule has 0 unspecified atom stereocenters. The lowest BCUT2D eigenvalue weighted by atomic mass is 9.63. The number of nitrogens with zero attached hydrogens (tertiary/aromatic N) is 1. The predicted molar refractivity (Wildman–Crippen MR) is 120 cm³/mol. The number of hydrogen-bond acceptors (Lipinski definition) is 1. The SMILES string of the molecule is Cc1ccc(C2(CN3CC[C@H](C)[C@@H](CCc4ccc(C(F)(F)F)cc4)C3)CCC2)cc1. The van der Waals surface area contributed by atoms with Crippen LogP contribution in [-0.4, -0.2) is 24.5 Å². The first-order chi connectivity index (χ1) is 14.7. The molecule has 2 fully saturated rings. The summed E-state index contributed by atoms with van der Waals surface area (Å²) in [6, 6.07) is 14.8. The van der Waals surface area contributed by atoms with Gasteiger partial charge in [-0.05, 0) is 80.7 Å². The lowest BCUT2D eigenvalue weighted by molar-refractivity contribution is -0.137. The third-order valence-electron chi connectivity index (χ3n) is 7.78. The molecule has 0 aromatic heterocycles. The van der Waals surface area contributed by atoms with Crippen LogP contribution in [0.15, 0.2) is 48.5 Å². The topological polar surface area (TPSA) is 3.24 Å². The predicted octanol–water partition coefficient (Wildman–Crippen LogP) is 7.03. The van der Waals surface area contributed by atoms with Crippen LogP contribution in [0, 0.1) is 18.8 Å². The van der Waals surface area contributed by atoms with Crippen molar-refractivity contribution in [1.82, 2.24) is 4.90 Å². The molecule has 4 rings (SSSR count). The normalized spacial score (nSPS) is 24.0. The molecule has 1 aliphatic heterocycles. The number of piperidine rings is 1. The molecular formula is C27H34F3N. The first kappa shape index (κ1) is 22.4. The minimum Gasteiger partial charge on any atom is -0.302 e. The zero-order valence-corrected chi connectivity index (χ0v) is 18.7. The van der Waals surface area contributed by atoms with Gasteiger partial charge in [-0.2, -0.15) is 13.2 Å². The molecular weight excluding hydrogens is 395 g/mol. The fraction of sp³-hybridized carbons (Fsp3) is 0.556. The molecule has 0 radical (unpaired) electrons. The number of halogens is 3. The van der Waals surface area contributed by atoms with Gasteiger partial charge in [-0.15, -0.1) is 0 Å². The molecule has 1 saturated carbocycles. The number of aryl methyl sites for hydroxylation is 2. The molecule has 1 saturated heterocycles. The number of alkyl halides is 3. The molecule has 2 atom stereocenters. The Hall–Kier alpha value is -1.81. The van der Waals surface area contributed by atoms with Crippen molar-refractivity contribution in [1.29, 1.82) is 0 Å². The Morgan fingerprint density at radius 3 is 2.26 bits per heavy atom. The maximum absolute atomic E-state index is 12.8. The van der Waals surface area contributed by atoms with E-state index in [1.54, 1.807) is 12.1 Å². The highest BCUT2D eigenvalue weighted by Crippen LogP contribution is 2.45. The molecule has 0 bridgehead atoms. The molecule has 31 heavy (non-hydrogen) atoms. The largest absolute Gasteiger partial charge is 0.416 e. The van der Waals surface area contributed by atoms with Crippen molar-refractivity contribution in [2.45, 2.75) is 64.0 Å². The summed E-state index contributed by atoms with van der Waals surface area (Å²) in [5, 5.41) is 0. The Bertz CT molecular complexity index is 850. The Balaban J connectivity index is 1.36. The van der Waals surface area contributed by atoms with E-state index < -0.39 is 11.7 Å². The van der Waals surface area contributed by atoms with Crippen molar-refractivity contribution in [3.05, 3.63) is 70.8 Å². The Kier molecular flexibility index (Phi) is 6.48. The molecule has 1 heterocycles. The molecule has 4 heteroatoms. The maximum Gasteiger partial charge on any atom is 0.416 e. The number of likely N-dealkylation sites (tertiary alicyclic amines) is 1. The van der Waals surface area contributed by atoms with Gasteiger partial charge in [0.25, 0.3) is 0 Å². The average Bonchev–Trinajstić information content (AvgIpc) is 2.71. The van der Waals surface area contributed by atoms with Crippen LogP contribution in [-0.2, 0) is 18.0 Å². The smallest absolute Gasteiger partial charge is 0.302 e. The van der Waals surface area contributed by atoms with Crippen molar-refractivity contribution in [2.75, 3.05) is 19.6 Å². The van der Waals surface area contributed by atoms with Crippen LogP contribution in [0.2, 0.25) is 0 Å². The van der Waals surface area contributed by atoms with Crippen LogP contribution in [0.4, 0.5) is 13.2 Å². The third-order valence-corrected chi connectivity index (χ3v) is 7.78. The van der Waals surface area contributed by atoms with Gasteiger partial charge in [-0.1, -0.05) is 55.3 Å². The molecule has 0 spiro atoms. The van der Waals surface area contributed by atoms with Crippen molar-refractivity contribution in [2.24, 2.45) is 11.8 Å². The Labute approximate surface area is 184 Å². The van der Waals surface area contributed by atoms with E-state index in [4.69, 9.17) is 0 Å². The summed E-state index contributed by atoms with van der Waals surface area (Å²) in [5.74, 6) is 1.27. The zero-order chi connectivity index (χ0) is 22.1. The van der Waals surface area contributed by atoms with Crippen LogP contribution < -0.4 is 0 Å². The number of hydrogen-bond donors (Lipinski definition) is 0. The van der Waals surface area contributed by atoms with Crippen LogP contribution in [0.3, 0.4) is 0 Å². The molecule has 2 aromatic carbocycles. The minimum atomic E-state index is -4.26. The van der Waals surface area contributed by atoms with Gasteiger partial charge in [0.05, 0.1) is 5.56 Å². The van der Waals surface area contributed by atoms with E-state index in [-0.39, 0.29) is 0 Å². The molecule has 168 valence electrons. The minimum absolute atomic E-state index is 0.312. The number of benzene rings is 2. The van der Waals surface area contributed by atoms with Crippen LogP contribution in [0.5, 0.6) is 0 Å². The summed E-state index contributed by atoms with van der Waals surface area (Å²) in [4.78, 5) is 2.66. The quantitative estimate of drug-likeness (QED) is 0.477. The van der Waals surface area contributed by atoms with Gasteiger partial charge in [0, 0.05) is 18.5 Å². The van der Waals surface area contributed by atoms with Crippen molar-refractivity contribution >= 4 is 0 Å². The van der Waals surface area contributed by atoms with Gasteiger partial charge < -0.3 is 4.90 Å². The monoisotopic (exact) mass is 429 g/mol. The summed E-state index contributed by atoms with van der Waals surface area (Å²) >= 11 is 0. The first-order valence-corrected chi connectivity index (χ1v) is 11.7. The van der Waals surface area contributed by atoms with Crippen molar-refractivity contribution < 1.29 is 13.2 Å². The second-order valence-corrected chi connectivity index (χ2v) is 9.99. The molecule has 1 nitrogen and oxygen atoms in total. The highest BCUT2D eigenvalue weighted by molar-refractivity contribution is 5.31. The van der Waals surface area contributed by atoms with E-state index in [2.05, 4.69) is 43.0 Å². The van der Waals surface area contributed by atoms with E-state index in [0.717, 1.165) is 38.0 Å². The van der Waals surface area contributed by atoms with Gasteiger partial charge in [-0.25, -0.2) is 0 Å². The maximum atomic E-state index is 12.8. The van der Waals surface area contributed by atoms with E-state index in [0.29, 0.717) is 17.3 Å². The van der Waals surface area contributed by atoms with E-state index in [9.17, 15) is 13.2 Å². The summed E-state index contributed by atoms with van der Waals surface area (Å²) in [6.07, 6.45) is 2.71. The number of rotatable bonds is 6. The fourth-order valence-electron chi connectivity index (χ4n) is 5.43. The van der Waals surface area contributed by atoms with E-state index in [1.165, 1.54) is 48.9 Å². The fourth-order valence-corrected chi connectivity index (χ4v) is 5.43. The highest BCUT2D eigenvalue weighted by Gasteiger charge is 2.41. The summed E-state index contributed by atoms with van der Waals surface area (Å²) in [5.41, 5.74) is 3.56. The van der Waals surface area contributed by atoms with Gasteiger partial charge in [0.2, 0.25) is 0 Å². The third kappa shape index (κ3) is 5.16. The average molecular weight is 430 g/mol. The zero-order valence-electron chi connectivity index (χ0n) is 18.7. The van der Waals surface area contributed by atoms with Gasteiger partial charge in [0.15, 0.2) is 0 Å². The van der Waals surface area contributed by atoms with Crippen molar-refractivity contribution in [3.8, 4) is 0 Å². The van der Waals surface area contributed by atoms with Gasteiger partial charge in [-0.3, -0.25) is 0 Å². The summed E-state index contributed by atoms with van der Waals surface area (Å²) < 4.78 is 38.4. The lowest BCUT2D eigenvalue weighted by Crippen LogP contribution is -2.50. The standard InChI is InChI=1S/C27H34F3N/c1-20-4-10-24(11-5-20)26(15-3-16-26)19-31-17-14-21(2)23(18-31)9-6-22-7-12-25(13-8-22)27(28,29)30/h4-5,7-8,10-13,21,23H,3,6,9,14-19H2,1-2H3/t21-,23-/m0/s1. The molecule has 2 aliphatic rings. The highest BCUT2D eigenvalue weighted by atomic mass is 19.4. The second-order valence-electron chi connectivity index (χ2n) is 9.99. The lowest BCUT2D eigenvalue weighted by Gasteiger charge is -2.48. The van der Waals surface area contributed by atoms with Crippen LogP contribution >= 0.6 is 0 Å². The molecule has 2 aromatic rings. The Morgan fingerprint density at radius 2 is 1.68 bits per heavy atom. The van der Waals surface area contributed by atoms with Crippen LogP contribution in [0.25, 0.3) is 0 Å². The molecule has 1 aliphatic carbocycles. The van der Waals surface area contributed by atoms with Crippen LogP contribution in [0.1, 0.15) is 61.3 Å². The van der Waals surface area contributed by atoms with Crippen molar-refractivity contribution in [3.63, 3.8) is 0 Å². The summed E-state index contributed by atoms with van der Waals surface area (Å²) in [6.45, 7) is 7.89. The molecule has 0 N–H and O–H groups in total. The van der Waals surface area contributed by atoms with Gasteiger partial charge >= 0.3 is 6.18 Å². The van der Waals surface area contributed by atoms with E-state index >= 15 is 0 Å². The van der Waals surface area contributed by atoms with E-state index in [1.807, 2.05) is 0 Å².